The standard InChI is InChI=1S/C16H22N4/c1-2-5-12-8-10-13(11-9-12)17-16-18-14-6-3-4-7-15(14)19-20-16/h3-4,6-7,12-13H,2,5,8-11H2,1H3,(H,17,18,20). The van der Waals surface area contributed by atoms with E-state index in [9.17, 15) is 0 Å². The highest BCUT2D eigenvalue weighted by Crippen LogP contribution is 2.28. The van der Waals surface area contributed by atoms with Gasteiger partial charge in [-0.15, -0.1) is 10.2 Å². The Kier molecular flexibility index (Phi) is 4.09. The topological polar surface area (TPSA) is 50.7 Å². The Hall–Kier alpha value is -1.71. The summed E-state index contributed by atoms with van der Waals surface area (Å²) in [5.74, 6) is 1.59. The molecule has 4 nitrogen and oxygen atoms in total. The van der Waals surface area contributed by atoms with Gasteiger partial charge in [-0.25, -0.2) is 4.98 Å². The van der Waals surface area contributed by atoms with Gasteiger partial charge in [0.2, 0.25) is 5.95 Å². The van der Waals surface area contributed by atoms with Gasteiger partial charge in [0.15, 0.2) is 0 Å². The first-order valence-corrected chi connectivity index (χ1v) is 7.71. The first-order chi connectivity index (χ1) is 9.85. The first-order valence-electron chi connectivity index (χ1n) is 7.71. The second kappa shape index (κ2) is 6.16. The summed E-state index contributed by atoms with van der Waals surface area (Å²) in [7, 11) is 0. The van der Waals surface area contributed by atoms with E-state index in [1.54, 1.807) is 0 Å². The van der Waals surface area contributed by atoms with Gasteiger partial charge in [0.1, 0.15) is 5.52 Å². The maximum atomic E-state index is 4.54. The summed E-state index contributed by atoms with van der Waals surface area (Å²) >= 11 is 0. The number of para-hydroxylation sites is 1. The normalized spacial score (nSPS) is 22.9. The highest BCUT2D eigenvalue weighted by molar-refractivity contribution is 5.74. The molecule has 1 aliphatic rings. The average molecular weight is 270 g/mol. The van der Waals surface area contributed by atoms with Crippen molar-refractivity contribution in [3.8, 4) is 0 Å². The minimum Gasteiger partial charge on any atom is -0.350 e. The van der Waals surface area contributed by atoms with Gasteiger partial charge < -0.3 is 5.32 Å². The molecule has 1 saturated carbocycles. The van der Waals surface area contributed by atoms with E-state index in [2.05, 4.69) is 27.4 Å². The molecule has 0 spiro atoms. The summed E-state index contributed by atoms with van der Waals surface area (Å²) in [6.45, 7) is 2.28. The molecule has 1 aromatic heterocycles. The zero-order chi connectivity index (χ0) is 13.8. The van der Waals surface area contributed by atoms with Crippen LogP contribution in [0, 0.1) is 5.92 Å². The van der Waals surface area contributed by atoms with Crippen molar-refractivity contribution in [2.75, 3.05) is 5.32 Å². The average Bonchev–Trinajstić information content (AvgIpc) is 2.49. The molecule has 0 unspecified atom stereocenters. The molecule has 2 aromatic rings. The van der Waals surface area contributed by atoms with Crippen molar-refractivity contribution >= 4 is 17.0 Å². The summed E-state index contributed by atoms with van der Waals surface area (Å²) < 4.78 is 0. The van der Waals surface area contributed by atoms with Gasteiger partial charge in [0.05, 0.1) is 5.52 Å². The van der Waals surface area contributed by atoms with E-state index in [1.165, 1.54) is 38.5 Å². The summed E-state index contributed by atoms with van der Waals surface area (Å²) in [5, 5.41) is 11.9. The molecule has 20 heavy (non-hydrogen) atoms. The Morgan fingerprint density at radius 2 is 1.80 bits per heavy atom. The van der Waals surface area contributed by atoms with Crippen LogP contribution in [-0.4, -0.2) is 21.2 Å². The molecular weight excluding hydrogens is 248 g/mol. The molecule has 3 rings (SSSR count). The SMILES string of the molecule is CCCC1CCC(Nc2nnc3ccccc3n2)CC1. The number of benzene rings is 1. The van der Waals surface area contributed by atoms with Crippen molar-refractivity contribution in [2.24, 2.45) is 5.92 Å². The third-order valence-corrected chi connectivity index (χ3v) is 4.24. The summed E-state index contributed by atoms with van der Waals surface area (Å²) in [4.78, 5) is 4.54. The lowest BCUT2D eigenvalue weighted by Gasteiger charge is -2.28. The molecule has 106 valence electrons. The van der Waals surface area contributed by atoms with E-state index < -0.39 is 0 Å². The molecule has 1 heterocycles. The number of rotatable bonds is 4. The molecule has 0 saturated heterocycles. The van der Waals surface area contributed by atoms with Gasteiger partial charge in [-0.2, -0.15) is 0 Å². The number of fused-ring (bicyclic) bond motifs is 1. The van der Waals surface area contributed by atoms with Gasteiger partial charge in [-0.05, 0) is 43.7 Å². The predicted octanol–water partition coefficient (Wildman–Crippen LogP) is 3.80. The zero-order valence-corrected chi connectivity index (χ0v) is 12.0. The fraction of sp³-hybridized carbons (Fsp3) is 0.562. The highest BCUT2D eigenvalue weighted by Gasteiger charge is 2.21. The van der Waals surface area contributed by atoms with Crippen molar-refractivity contribution in [1.82, 2.24) is 15.2 Å². The van der Waals surface area contributed by atoms with E-state index in [-0.39, 0.29) is 0 Å². The van der Waals surface area contributed by atoms with Crippen molar-refractivity contribution in [3.63, 3.8) is 0 Å². The van der Waals surface area contributed by atoms with Gasteiger partial charge in [0, 0.05) is 6.04 Å². The van der Waals surface area contributed by atoms with Gasteiger partial charge in [-0.1, -0.05) is 31.9 Å². The molecule has 0 radical (unpaired) electrons. The summed E-state index contributed by atoms with van der Waals surface area (Å²) in [6, 6.07) is 8.37. The molecule has 4 heteroatoms. The van der Waals surface area contributed by atoms with Crippen LogP contribution >= 0.6 is 0 Å². The highest BCUT2D eigenvalue weighted by atomic mass is 15.2. The van der Waals surface area contributed by atoms with E-state index >= 15 is 0 Å². The van der Waals surface area contributed by atoms with Gasteiger partial charge in [0.25, 0.3) is 0 Å². The fourth-order valence-corrected chi connectivity index (χ4v) is 3.13. The Balaban J connectivity index is 1.62. The lowest BCUT2D eigenvalue weighted by Crippen LogP contribution is -2.27. The lowest BCUT2D eigenvalue weighted by atomic mass is 9.83. The number of anilines is 1. The molecule has 0 bridgehead atoms. The van der Waals surface area contributed by atoms with Crippen LogP contribution in [0.2, 0.25) is 0 Å². The van der Waals surface area contributed by atoms with Gasteiger partial charge >= 0.3 is 0 Å². The molecule has 0 atom stereocenters. The van der Waals surface area contributed by atoms with Crippen LogP contribution in [0.4, 0.5) is 5.95 Å². The molecule has 0 amide bonds. The molecule has 1 aromatic carbocycles. The predicted molar refractivity (Wildman–Crippen MR) is 81.6 cm³/mol. The van der Waals surface area contributed by atoms with Crippen LogP contribution in [0.1, 0.15) is 45.4 Å². The molecular formula is C16H22N4. The Bertz CT molecular complexity index is 561. The van der Waals surface area contributed by atoms with Crippen molar-refractivity contribution in [3.05, 3.63) is 24.3 Å². The third kappa shape index (κ3) is 3.06. The van der Waals surface area contributed by atoms with Crippen LogP contribution in [0.15, 0.2) is 24.3 Å². The van der Waals surface area contributed by atoms with Crippen molar-refractivity contribution < 1.29 is 0 Å². The van der Waals surface area contributed by atoms with Crippen LogP contribution in [0.5, 0.6) is 0 Å². The summed E-state index contributed by atoms with van der Waals surface area (Å²) in [5.41, 5.74) is 1.76. The van der Waals surface area contributed by atoms with E-state index in [0.717, 1.165) is 17.0 Å². The largest absolute Gasteiger partial charge is 0.350 e. The second-order valence-corrected chi connectivity index (χ2v) is 5.77. The quantitative estimate of drug-likeness (QED) is 0.918. The molecule has 0 aliphatic heterocycles. The molecule has 1 N–H and O–H groups in total. The van der Waals surface area contributed by atoms with E-state index in [4.69, 9.17) is 0 Å². The maximum absolute atomic E-state index is 4.54. The monoisotopic (exact) mass is 270 g/mol. The Morgan fingerprint density at radius 1 is 1.05 bits per heavy atom. The minimum atomic E-state index is 0.506. The zero-order valence-electron chi connectivity index (χ0n) is 12.0. The minimum absolute atomic E-state index is 0.506. The van der Waals surface area contributed by atoms with Crippen molar-refractivity contribution in [2.45, 2.75) is 51.5 Å². The van der Waals surface area contributed by atoms with E-state index in [0.29, 0.717) is 12.0 Å². The molecule has 1 aliphatic carbocycles. The summed E-state index contributed by atoms with van der Waals surface area (Å²) in [6.07, 6.45) is 7.78. The van der Waals surface area contributed by atoms with E-state index in [1.807, 2.05) is 24.3 Å². The maximum Gasteiger partial charge on any atom is 0.243 e. The van der Waals surface area contributed by atoms with Crippen molar-refractivity contribution in [1.29, 1.82) is 0 Å². The third-order valence-electron chi connectivity index (χ3n) is 4.24. The first kappa shape index (κ1) is 13.3. The number of nitrogens with zero attached hydrogens (tertiary/aromatic N) is 3. The number of hydrogen-bond acceptors (Lipinski definition) is 4. The van der Waals surface area contributed by atoms with Gasteiger partial charge in [-0.3, -0.25) is 0 Å². The van der Waals surface area contributed by atoms with Crippen LogP contribution in [0.3, 0.4) is 0 Å². The smallest absolute Gasteiger partial charge is 0.243 e. The fourth-order valence-electron chi connectivity index (χ4n) is 3.13. The van der Waals surface area contributed by atoms with Crippen LogP contribution < -0.4 is 5.32 Å². The van der Waals surface area contributed by atoms with Crippen LogP contribution in [0.25, 0.3) is 11.0 Å². The Labute approximate surface area is 120 Å². The molecule has 1 fully saturated rings. The Morgan fingerprint density at radius 3 is 2.55 bits per heavy atom. The lowest BCUT2D eigenvalue weighted by molar-refractivity contribution is 0.318. The number of nitrogens with one attached hydrogen (secondary N) is 1. The van der Waals surface area contributed by atoms with Crippen LogP contribution in [-0.2, 0) is 0 Å². The second-order valence-electron chi connectivity index (χ2n) is 5.77. The number of hydrogen-bond donors (Lipinski definition) is 1. The number of aromatic nitrogens is 3.